The van der Waals surface area contributed by atoms with E-state index in [9.17, 15) is 5.11 Å². The second-order valence-electron chi connectivity index (χ2n) is 12.5. The van der Waals surface area contributed by atoms with Crippen LogP contribution in [0, 0.1) is 57.7 Å². The van der Waals surface area contributed by atoms with Gasteiger partial charge in [-0.05, 0) is 122 Å². The van der Waals surface area contributed by atoms with Crippen molar-refractivity contribution in [3.05, 3.63) is 0 Å². The van der Waals surface area contributed by atoms with Gasteiger partial charge >= 0.3 is 0 Å². The molecule has 0 aromatic rings. The zero-order chi connectivity index (χ0) is 19.0. The molecular weight excluding hydrogens is 328 g/mol. The molecule has 10 unspecified atom stereocenters. The van der Waals surface area contributed by atoms with Crippen molar-refractivity contribution in [2.45, 2.75) is 98.3 Å². The van der Waals surface area contributed by atoms with Gasteiger partial charge in [-0.3, -0.25) is 0 Å². The fourth-order valence-electron chi connectivity index (χ4n) is 10.4. The Morgan fingerprint density at radius 1 is 0.741 bits per heavy atom. The molecular formula is C26H44O. The molecule has 0 heterocycles. The normalized spacial score (nSPS) is 60.1. The van der Waals surface area contributed by atoms with E-state index in [0.29, 0.717) is 22.9 Å². The first-order valence-corrected chi connectivity index (χ1v) is 12.5. The Hall–Kier alpha value is -0.0400. The highest BCUT2D eigenvalue weighted by Gasteiger charge is 2.64. The third kappa shape index (κ3) is 2.39. The smallest absolute Gasteiger partial charge is 0.0490 e. The van der Waals surface area contributed by atoms with Crippen LogP contribution in [-0.2, 0) is 0 Å². The van der Waals surface area contributed by atoms with E-state index < -0.39 is 0 Å². The second kappa shape index (κ2) is 6.23. The van der Waals surface area contributed by atoms with Crippen molar-refractivity contribution in [2.75, 3.05) is 6.61 Å². The Morgan fingerprint density at radius 2 is 1.44 bits per heavy atom. The van der Waals surface area contributed by atoms with E-state index in [1.807, 2.05) is 0 Å². The number of rotatable bonds is 1. The first-order chi connectivity index (χ1) is 12.9. The molecule has 0 amide bonds. The first-order valence-electron chi connectivity index (χ1n) is 12.5. The summed E-state index contributed by atoms with van der Waals surface area (Å²) in [4.78, 5) is 0. The van der Waals surface area contributed by atoms with Crippen molar-refractivity contribution in [1.82, 2.24) is 0 Å². The van der Waals surface area contributed by atoms with Gasteiger partial charge in [0.2, 0.25) is 0 Å². The summed E-state index contributed by atoms with van der Waals surface area (Å²) < 4.78 is 0. The van der Waals surface area contributed by atoms with E-state index in [4.69, 9.17) is 0 Å². The van der Waals surface area contributed by atoms with Gasteiger partial charge in [-0.1, -0.05) is 34.1 Å². The van der Waals surface area contributed by atoms with Gasteiger partial charge in [-0.25, -0.2) is 0 Å². The maximum absolute atomic E-state index is 10.3. The summed E-state index contributed by atoms with van der Waals surface area (Å²) in [5.41, 5.74) is 1.50. The van der Waals surface area contributed by atoms with Crippen molar-refractivity contribution < 1.29 is 5.11 Å². The standard InChI is InChI=1S/C26H44O/c1-17-9-13-24(3)20(18(17)2)10-14-25(4)21-11-15-26(16-27)12-5-6-22(26)19(21)7-8-23(24)25/h17-23,27H,5-16H2,1-4H3. The number of hydrogen-bond acceptors (Lipinski definition) is 1. The SMILES string of the molecule is CC1CCC2(C)C(CCC3(C)C4CCC5(CO)CCCC5C4CCC23)C1C. The molecule has 10 atom stereocenters. The van der Waals surface area contributed by atoms with Crippen LogP contribution in [0.5, 0.6) is 0 Å². The van der Waals surface area contributed by atoms with Crippen LogP contribution in [0.2, 0.25) is 0 Å². The van der Waals surface area contributed by atoms with Crippen LogP contribution < -0.4 is 0 Å². The minimum absolute atomic E-state index is 0.320. The second-order valence-corrected chi connectivity index (χ2v) is 12.5. The number of aliphatic hydroxyl groups excluding tert-OH is 1. The number of hydrogen-bond donors (Lipinski definition) is 1. The molecule has 0 spiro atoms. The third-order valence-corrected chi connectivity index (χ3v) is 12.0. The van der Waals surface area contributed by atoms with Crippen LogP contribution in [0.3, 0.4) is 0 Å². The maximum Gasteiger partial charge on any atom is 0.0490 e. The molecule has 5 aliphatic rings. The van der Waals surface area contributed by atoms with Gasteiger partial charge in [-0.15, -0.1) is 0 Å². The summed E-state index contributed by atoms with van der Waals surface area (Å²) in [5, 5.41) is 10.3. The van der Waals surface area contributed by atoms with Crippen molar-refractivity contribution in [3.8, 4) is 0 Å². The zero-order valence-corrected chi connectivity index (χ0v) is 18.5. The monoisotopic (exact) mass is 372 g/mol. The van der Waals surface area contributed by atoms with Crippen LogP contribution in [0.4, 0.5) is 0 Å². The highest BCUT2D eigenvalue weighted by Crippen LogP contribution is 2.71. The minimum atomic E-state index is 0.320. The van der Waals surface area contributed by atoms with Crippen molar-refractivity contribution in [1.29, 1.82) is 0 Å². The molecule has 0 radical (unpaired) electrons. The van der Waals surface area contributed by atoms with Crippen LogP contribution >= 0.6 is 0 Å². The number of fused-ring (bicyclic) bond motifs is 7. The highest BCUT2D eigenvalue weighted by atomic mass is 16.3. The Morgan fingerprint density at radius 3 is 2.22 bits per heavy atom. The molecule has 5 rings (SSSR count). The molecule has 5 aliphatic carbocycles. The fourth-order valence-corrected chi connectivity index (χ4v) is 10.4. The van der Waals surface area contributed by atoms with E-state index in [0.717, 1.165) is 41.4 Å². The summed E-state index contributed by atoms with van der Waals surface area (Å²) in [6.45, 7) is 11.0. The van der Waals surface area contributed by atoms with Gasteiger partial charge in [0.15, 0.2) is 0 Å². The molecule has 0 aromatic heterocycles. The van der Waals surface area contributed by atoms with Crippen LogP contribution in [-0.4, -0.2) is 11.7 Å². The lowest BCUT2D eigenvalue weighted by Gasteiger charge is -2.68. The largest absolute Gasteiger partial charge is 0.396 e. The molecule has 5 fully saturated rings. The minimum Gasteiger partial charge on any atom is -0.396 e. The topological polar surface area (TPSA) is 20.2 Å². The molecule has 0 aromatic carbocycles. The molecule has 0 bridgehead atoms. The molecule has 1 N–H and O–H groups in total. The van der Waals surface area contributed by atoms with Crippen LogP contribution in [0.1, 0.15) is 98.3 Å². The summed E-state index contributed by atoms with van der Waals surface area (Å²) >= 11 is 0. The molecule has 0 aliphatic heterocycles. The third-order valence-electron chi connectivity index (χ3n) is 12.0. The lowest BCUT2D eigenvalue weighted by Crippen LogP contribution is -2.60. The quantitative estimate of drug-likeness (QED) is 0.543. The van der Waals surface area contributed by atoms with Gasteiger partial charge in [0, 0.05) is 6.61 Å². The Labute approximate surface area is 168 Å². The summed E-state index contributed by atoms with van der Waals surface area (Å²) in [7, 11) is 0. The van der Waals surface area contributed by atoms with Gasteiger partial charge in [0.25, 0.3) is 0 Å². The summed E-state index contributed by atoms with van der Waals surface area (Å²) in [5.74, 6) is 6.51. The maximum atomic E-state index is 10.3. The van der Waals surface area contributed by atoms with Gasteiger partial charge < -0.3 is 5.11 Å². The van der Waals surface area contributed by atoms with Crippen molar-refractivity contribution >= 4 is 0 Å². The van der Waals surface area contributed by atoms with Crippen LogP contribution in [0.25, 0.3) is 0 Å². The molecule has 1 heteroatoms. The van der Waals surface area contributed by atoms with Crippen molar-refractivity contribution in [3.63, 3.8) is 0 Å². The predicted octanol–water partition coefficient (Wildman–Crippen LogP) is 6.69. The zero-order valence-electron chi connectivity index (χ0n) is 18.5. The van der Waals surface area contributed by atoms with Gasteiger partial charge in [0.1, 0.15) is 0 Å². The highest BCUT2D eigenvalue weighted by molar-refractivity contribution is 5.13. The fraction of sp³-hybridized carbons (Fsp3) is 1.00. The van der Waals surface area contributed by atoms with Crippen molar-refractivity contribution in [2.24, 2.45) is 57.7 Å². The Balaban J connectivity index is 1.46. The Bertz CT molecular complexity index is 585. The predicted molar refractivity (Wildman–Crippen MR) is 112 cm³/mol. The molecule has 27 heavy (non-hydrogen) atoms. The summed E-state index contributed by atoms with van der Waals surface area (Å²) in [6.07, 6.45) is 15.8. The van der Waals surface area contributed by atoms with E-state index >= 15 is 0 Å². The van der Waals surface area contributed by atoms with E-state index in [2.05, 4.69) is 27.7 Å². The molecule has 5 saturated carbocycles. The van der Waals surface area contributed by atoms with E-state index in [1.54, 1.807) is 0 Å². The molecule has 1 nitrogen and oxygen atoms in total. The van der Waals surface area contributed by atoms with Crippen LogP contribution in [0.15, 0.2) is 0 Å². The first kappa shape index (κ1) is 19.0. The molecule has 154 valence electrons. The van der Waals surface area contributed by atoms with Gasteiger partial charge in [-0.2, -0.15) is 0 Å². The lowest BCUT2D eigenvalue weighted by molar-refractivity contribution is -0.190. The van der Waals surface area contributed by atoms with Gasteiger partial charge in [0.05, 0.1) is 0 Å². The van der Waals surface area contributed by atoms with E-state index in [-0.39, 0.29) is 0 Å². The average Bonchev–Trinajstić information content (AvgIpc) is 3.10. The molecule has 0 saturated heterocycles. The summed E-state index contributed by atoms with van der Waals surface area (Å²) in [6, 6.07) is 0. The lowest BCUT2D eigenvalue weighted by atomic mass is 9.37. The Kier molecular flexibility index (Phi) is 4.37. The van der Waals surface area contributed by atoms with E-state index in [1.165, 1.54) is 70.6 Å². The number of aliphatic hydroxyl groups is 1. The average molecular weight is 373 g/mol.